The largest absolute Gasteiger partial charge is 0.303 e. The lowest BCUT2D eigenvalue weighted by Crippen LogP contribution is -2.31. The number of aryl methyl sites for hydroxylation is 1. The van der Waals surface area contributed by atoms with Gasteiger partial charge in [0.1, 0.15) is 0 Å². The van der Waals surface area contributed by atoms with E-state index in [2.05, 4.69) is 46.9 Å². The molecule has 1 aliphatic carbocycles. The Labute approximate surface area is 132 Å². The molecule has 0 spiro atoms. The Kier molecular flexibility index (Phi) is 3.67. The minimum Gasteiger partial charge on any atom is -0.303 e. The molecule has 2 unspecified atom stereocenters. The summed E-state index contributed by atoms with van der Waals surface area (Å²) in [6.45, 7) is 2.36. The average molecular weight is 322 g/mol. The molecule has 4 heteroatoms. The predicted molar refractivity (Wildman–Crippen MR) is 90.1 cm³/mol. The zero-order valence-corrected chi connectivity index (χ0v) is 14.0. The van der Waals surface area contributed by atoms with Gasteiger partial charge in [0.2, 0.25) is 0 Å². The first-order valence-electron chi connectivity index (χ1n) is 7.37. The summed E-state index contributed by atoms with van der Waals surface area (Å²) in [5.41, 5.74) is 3.12. The summed E-state index contributed by atoms with van der Waals surface area (Å²) in [6, 6.07) is 5.78. The van der Waals surface area contributed by atoms with Crippen LogP contribution in [-0.2, 0) is 6.42 Å². The fourth-order valence-electron chi connectivity index (χ4n) is 3.41. The Hall–Kier alpha value is -0.290. The number of hydrogen-bond acceptors (Lipinski definition) is 4. The quantitative estimate of drug-likeness (QED) is 0.794. The van der Waals surface area contributed by atoms with Crippen LogP contribution in [0.2, 0.25) is 0 Å². The van der Waals surface area contributed by atoms with Crippen molar-refractivity contribution in [2.75, 3.05) is 0 Å². The second-order valence-corrected chi connectivity index (χ2v) is 9.41. The van der Waals surface area contributed by atoms with Gasteiger partial charge in [0.15, 0.2) is 0 Å². The van der Waals surface area contributed by atoms with E-state index < -0.39 is 0 Å². The molecule has 20 heavy (non-hydrogen) atoms. The van der Waals surface area contributed by atoms with Crippen LogP contribution in [0.1, 0.15) is 54.3 Å². The highest BCUT2D eigenvalue weighted by atomic mass is 32.2. The Bertz CT molecular complexity index is 600. The lowest BCUT2D eigenvalue weighted by molar-refractivity contribution is 0.383. The molecule has 1 nitrogen and oxygen atoms in total. The Balaban J connectivity index is 1.59. The molecule has 3 atom stereocenters. The maximum atomic E-state index is 3.97. The van der Waals surface area contributed by atoms with Crippen molar-refractivity contribution in [1.82, 2.24) is 5.32 Å². The highest BCUT2D eigenvalue weighted by Crippen LogP contribution is 2.45. The number of thioether (sulfide) groups is 1. The summed E-state index contributed by atoms with van der Waals surface area (Å²) >= 11 is 5.90. The first-order valence-corrected chi connectivity index (χ1v) is 10.0. The lowest BCUT2D eigenvalue weighted by atomic mass is 9.92. The summed E-state index contributed by atoms with van der Waals surface area (Å²) in [5, 5.41) is 9.21. The zero-order chi connectivity index (χ0) is 13.5. The molecule has 0 amide bonds. The third kappa shape index (κ3) is 2.37. The first-order chi connectivity index (χ1) is 9.81. The van der Waals surface area contributed by atoms with Crippen LogP contribution in [0.5, 0.6) is 0 Å². The van der Waals surface area contributed by atoms with Crippen LogP contribution in [0.3, 0.4) is 0 Å². The summed E-state index contributed by atoms with van der Waals surface area (Å²) < 4.78 is 1.53. The molecule has 0 saturated heterocycles. The van der Waals surface area contributed by atoms with E-state index in [1.807, 2.05) is 22.7 Å². The average Bonchev–Trinajstić information content (AvgIpc) is 3.06. The maximum Gasteiger partial charge on any atom is 0.0649 e. The summed E-state index contributed by atoms with van der Waals surface area (Å²) in [4.78, 5) is 1.61. The van der Waals surface area contributed by atoms with Gasteiger partial charge in [-0.2, -0.15) is 0 Å². The lowest BCUT2D eigenvalue weighted by Gasteiger charge is -2.33. The highest BCUT2D eigenvalue weighted by molar-refractivity contribution is 8.01. The number of nitrogens with one attached hydrogen (secondary N) is 1. The van der Waals surface area contributed by atoms with Gasteiger partial charge in [-0.05, 0) is 59.7 Å². The van der Waals surface area contributed by atoms with E-state index >= 15 is 0 Å². The summed E-state index contributed by atoms with van der Waals surface area (Å²) in [7, 11) is 0. The van der Waals surface area contributed by atoms with Crippen molar-refractivity contribution < 1.29 is 0 Å². The maximum absolute atomic E-state index is 3.97. The molecular formula is C16H19NS3. The fraction of sp³-hybridized carbons (Fsp3) is 0.500. The molecule has 1 N–H and O–H groups in total. The van der Waals surface area contributed by atoms with Gasteiger partial charge in [0.05, 0.1) is 4.21 Å². The van der Waals surface area contributed by atoms with Gasteiger partial charge in [-0.25, -0.2) is 0 Å². The van der Waals surface area contributed by atoms with E-state index in [1.165, 1.54) is 29.9 Å². The van der Waals surface area contributed by atoms with E-state index in [9.17, 15) is 0 Å². The molecule has 0 aromatic carbocycles. The second kappa shape index (κ2) is 5.48. The van der Waals surface area contributed by atoms with E-state index in [0.717, 1.165) is 5.25 Å². The summed E-state index contributed by atoms with van der Waals surface area (Å²) in [6.07, 6.45) is 5.16. The van der Waals surface area contributed by atoms with Gasteiger partial charge in [-0.3, -0.25) is 0 Å². The normalized spacial score (nSPS) is 28.9. The molecule has 1 aliphatic heterocycles. The Morgan fingerprint density at radius 2 is 1.95 bits per heavy atom. The number of hydrogen-bond donors (Lipinski definition) is 1. The molecule has 4 rings (SSSR count). The monoisotopic (exact) mass is 321 g/mol. The van der Waals surface area contributed by atoms with Gasteiger partial charge in [0.25, 0.3) is 0 Å². The van der Waals surface area contributed by atoms with E-state index in [1.54, 1.807) is 16.0 Å². The zero-order valence-electron chi connectivity index (χ0n) is 11.6. The van der Waals surface area contributed by atoms with Gasteiger partial charge < -0.3 is 5.32 Å². The fourth-order valence-corrected chi connectivity index (χ4v) is 6.96. The number of rotatable bonds is 2. The van der Waals surface area contributed by atoms with Crippen LogP contribution >= 0.6 is 34.4 Å². The Morgan fingerprint density at radius 3 is 2.90 bits per heavy atom. The molecule has 106 valence electrons. The Morgan fingerprint density at radius 1 is 1.10 bits per heavy atom. The molecular weight excluding hydrogens is 302 g/mol. The third-order valence-electron chi connectivity index (χ3n) is 4.36. The van der Waals surface area contributed by atoms with E-state index in [0.29, 0.717) is 12.1 Å². The van der Waals surface area contributed by atoms with E-state index in [4.69, 9.17) is 0 Å². The van der Waals surface area contributed by atoms with Crippen molar-refractivity contribution in [3.8, 4) is 0 Å². The van der Waals surface area contributed by atoms with Crippen molar-refractivity contribution in [2.45, 2.75) is 54.1 Å². The number of fused-ring (bicyclic) bond motifs is 2. The molecule has 0 bridgehead atoms. The van der Waals surface area contributed by atoms with Crippen LogP contribution in [-0.4, -0.2) is 5.25 Å². The van der Waals surface area contributed by atoms with Gasteiger partial charge in [-0.1, -0.05) is 6.92 Å². The third-order valence-corrected chi connectivity index (χ3v) is 7.70. The minimum absolute atomic E-state index is 0.545. The first kappa shape index (κ1) is 13.4. The van der Waals surface area contributed by atoms with Gasteiger partial charge >= 0.3 is 0 Å². The van der Waals surface area contributed by atoms with Crippen molar-refractivity contribution in [2.24, 2.45) is 0 Å². The van der Waals surface area contributed by atoms with Gasteiger partial charge in [-0.15, -0.1) is 34.4 Å². The van der Waals surface area contributed by atoms with Crippen molar-refractivity contribution in [1.29, 1.82) is 0 Å². The molecule has 2 aromatic rings. The van der Waals surface area contributed by atoms with Crippen LogP contribution in [0.15, 0.2) is 27.1 Å². The molecule has 2 aromatic heterocycles. The molecule has 0 saturated carbocycles. The molecule has 0 fully saturated rings. The number of thiophene rings is 2. The van der Waals surface area contributed by atoms with Crippen LogP contribution in [0.4, 0.5) is 0 Å². The van der Waals surface area contributed by atoms with Crippen LogP contribution in [0.25, 0.3) is 0 Å². The molecule has 0 radical (unpaired) electrons. The van der Waals surface area contributed by atoms with E-state index in [-0.39, 0.29) is 0 Å². The van der Waals surface area contributed by atoms with Crippen molar-refractivity contribution in [3.05, 3.63) is 38.9 Å². The molecule has 2 aliphatic rings. The van der Waals surface area contributed by atoms with Crippen LogP contribution in [0, 0.1) is 0 Å². The second-order valence-electron chi connectivity index (χ2n) is 5.79. The minimum atomic E-state index is 0.545. The van der Waals surface area contributed by atoms with Crippen molar-refractivity contribution in [3.63, 3.8) is 0 Å². The topological polar surface area (TPSA) is 12.0 Å². The SMILES string of the molecule is C[C@H]1CC(NC2CCCc3sccc32)c2ccsc2S1. The van der Waals surface area contributed by atoms with Crippen LogP contribution < -0.4 is 5.32 Å². The standard InChI is InChI=1S/C16H19NS3/c1-10-9-14(12-6-8-19-16(12)20-10)17-13-3-2-4-15-11(13)5-7-18-15/h5-8,10,13-14,17H,2-4,9H2,1H3/t10-,13?,14?/m0/s1. The summed E-state index contributed by atoms with van der Waals surface area (Å²) in [5.74, 6) is 0. The van der Waals surface area contributed by atoms with Gasteiger partial charge in [0, 0.05) is 22.2 Å². The molecule has 3 heterocycles. The van der Waals surface area contributed by atoms with Crippen molar-refractivity contribution >= 4 is 34.4 Å². The predicted octanol–water partition coefficient (Wildman–Crippen LogP) is 5.40. The highest BCUT2D eigenvalue weighted by Gasteiger charge is 2.30. The smallest absolute Gasteiger partial charge is 0.0649 e.